The van der Waals surface area contributed by atoms with Gasteiger partial charge in [0.25, 0.3) is 0 Å². The second kappa shape index (κ2) is 3.53. The van der Waals surface area contributed by atoms with Crippen molar-refractivity contribution in [2.45, 2.75) is 6.92 Å². The van der Waals surface area contributed by atoms with E-state index in [4.69, 9.17) is 0 Å². The van der Waals surface area contributed by atoms with Crippen LogP contribution in [0.3, 0.4) is 0 Å². The Morgan fingerprint density at radius 3 is 2.64 bits per heavy atom. The van der Waals surface area contributed by atoms with Gasteiger partial charge in [-0.25, -0.2) is 0 Å². The van der Waals surface area contributed by atoms with E-state index < -0.39 is 0 Å². The molecule has 0 aromatic carbocycles. The molecular weight excluding hydrogens is 242 g/mol. The molecule has 4 heteroatoms. The summed E-state index contributed by atoms with van der Waals surface area (Å²) in [6, 6.07) is 5.85. The minimum absolute atomic E-state index is 0.933. The normalized spacial score (nSPS) is 10.5. The van der Waals surface area contributed by atoms with Crippen molar-refractivity contribution in [1.82, 2.24) is 14.8 Å². The van der Waals surface area contributed by atoms with Crippen molar-refractivity contribution in [3.8, 4) is 11.4 Å². The highest BCUT2D eigenvalue weighted by atomic mass is 79.9. The first-order valence-electron chi connectivity index (χ1n) is 4.30. The Morgan fingerprint density at radius 2 is 2.14 bits per heavy atom. The van der Waals surface area contributed by atoms with E-state index in [1.807, 2.05) is 36.9 Å². The van der Waals surface area contributed by atoms with Crippen LogP contribution in [0.15, 0.2) is 28.9 Å². The molecule has 0 aliphatic heterocycles. The van der Waals surface area contributed by atoms with Crippen LogP contribution in [-0.4, -0.2) is 14.8 Å². The molecule has 0 amide bonds. The van der Waals surface area contributed by atoms with Crippen molar-refractivity contribution < 1.29 is 0 Å². The second-order valence-corrected chi connectivity index (χ2v) is 3.88. The van der Waals surface area contributed by atoms with Gasteiger partial charge in [0.05, 0.1) is 15.9 Å². The number of aryl methyl sites for hydroxylation is 2. The number of aromatic nitrogens is 3. The molecule has 0 saturated heterocycles. The maximum atomic E-state index is 4.32. The molecule has 0 radical (unpaired) electrons. The number of hydrogen-bond donors (Lipinski definition) is 0. The van der Waals surface area contributed by atoms with Crippen molar-refractivity contribution in [2.75, 3.05) is 0 Å². The quantitative estimate of drug-likeness (QED) is 0.780. The predicted molar refractivity (Wildman–Crippen MR) is 58.9 cm³/mol. The lowest BCUT2D eigenvalue weighted by Crippen LogP contribution is -1.95. The van der Waals surface area contributed by atoms with Gasteiger partial charge in [0.1, 0.15) is 5.69 Å². The highest BCUT2D eigenvalue weighted by Gasteiger charge is 2.12. The SMILES string of the molecule is Cc1nn(C)c(-c2ccccn2)c1Br. The number of pyridine rings is 1. The highest BCUT2D eigenvalue weighted by molar-refractivity contribution is 9.10. The first-order chi connectivity index (χ1) is 6.70. The van der Waals surface area contributed by atoms with Gasteiger partial charge in [0.2, 0.25) is 0 Å². The van der Waals surface area contributed by atoms with Gasteiger partial charge in [-0.15, -0.1) is 0 Å². The minimum atomic E-state index is 0.933. The summed E-state index contributed by atoms with van der Waals surface area (Å²) < 4.78 is 2.85. The fourth-order valence-electron chi connectivity index (χ4n) is 1.41. The molecule has 2 aromatic heterocycles. The summed E-state index contributed by atoms with van der Waals surface area (Å²) in [6.07, 6.45) is 1.78. The summed E-state index contributed by atoms with van der Waals surface area (Å²) in [5.74, 6) is 0. The molecule has 2 heterocycles. The van der Waals surface area contributed by atoms with Crippen molar-refractivity contribution in [1.29, 1.82) is 0 Å². The number of rotatable bonds is 1. The van der Waals surface area contributed by atoms with E-state index in [0.29, 0.717) is 0 Å². The molecule has 0 bridgehead atoms. The zero-order valence-electron chi connectivity index (χ0n) is 8.03. The molecule has 0 spiro atoms. The van der Waals surface area contributed by atoms with Crippen molar-refractivity contribution in [3.05, 3.63) is 34.6 Å². The topological polar surface area (TPSA) is 30.7 Å². The van der Waals surface area contributed by atoms with E-state index in [2.05, 4.69) is 26.0 Å². The summed E-state index contributed by atoms with van der Waals surface area (Å²) in [5.41, 5.74) is 2.93. The number of hydrogen-bond acceptors (Lipinski definition) is 2. The van der Waals surface area contributed by atoms with Crippen LogP contribution in [0.1, 0.15) is 5.69 Å². The minimum Gasteiger partial charge on any atom is -0.265 e. The van der Waals surface area contributed by atoms with Gasteiger partial charge in [-0.05, 0) is 35.0 Å². The van der Waals surface area contributed by atoms with Crippen LogP contribution in [0, 0.1) is 6.92 Å². The lowest BCUT2D eigenvalue weighted by Gasteiger charge is -2.00. The Labute approximate surface area is 90.9 Å². The van der Waals surface area contributed by atoms with Crippen LogP contribution >= 0.6 is 15.9 Å². The lowest BCUT2D eigenvalue weighted by atomic mass is 10.2. The van der Waals surface area contributed by atoms with Gasteiger partial charge in [0.15, 0.2) is 0 Å². The van der Waals surface area contributed by atoms with E-state index in [1.54, 1.807) is 6.20 Å². The molecule has 0 atom stereocenters. The van der Waals surface area contributed by atoms with E-state index >= 15 is 0 Å². The highest BCUT2D eigenvalue weighted by Crippen LogP contribution is 2.28. The largest absolute Gasteiger partial charge is 0.265 e. The van der Waals surface area contributed by atoms with Crippen LogP contribution in [0.25, 0.3) is 11.4 Å². The Kier molecular flexibility index (Phi) is 2.37. The zero-order valence-corrected chi connectivity index (χ0v) is 9.62. The van der Waals surface area contributed by atoms with E-state index in [-0.39, 0.29) is 0 Å². The number of halogens is 1. The van der Waals surface area contributed by atoms with E-state index in [0.717, 1.165) is 21.6 Å². The molecule has 72 valence electrons. The Balaban J connectivity index is 2.62. The fraction of sp³-hybridized carbons (Fsp3) is 0.200. The third-order valence-electron chi connectivity index (χ3n) is 2.06. The fourth-order valence-corrected chi connectivity index (χ4v) is 1.95. The van der Waals surface area contributed by atoms with Crippen molar-refractivity contribution in [3.63, 3.8) is 0 Å². The van der Waals surface area contributed by atoms with Gasteiger partial charge < -0.3 is 0 Å². The molecule has 0 fully saturated rings. The van der Waals surface area contributed by atoms with Gasteiger partial charge in [-0.1, -0.05) is 6.07 Å². The molecule has 0 aliphatic rings. The Morgan fingerprint density at radius 1 is 1.36 bits per heavy atom. The summed E-state index contributed by atoms with van der Waals surface area (Å²) in [5, 5.41) is 4.32. The van der Waals surface area contributed by atoms with Gasteiger partial charge in [0, 0.05) is 13.2 Å². The predicted octanol–water partition coefficient (Wildman–Crippen LogP) is 2.55. The molecule has 2 rings (SSSR count). The molecular formula is C10H10BrN3. The monoisotopic (exact) mass is 251 g/mol. The second-order valence-electron chi connectivity index (χ2n) is 3.09. The van der Waals surface area contributed by atoms with Crippen molar-refractivity contribution >= 4 is 15.9 Å². The summed E-state index contributed by atoms with van der Waals surface area (Å²) in [7, 11) is 1.92. The Hall–Kier alpha value is -1.16. The molecule has 14 heavy (non-hydrogen) atoms. The maximum absolute atomic E-state index is 4.32. The van der Waals surface area contributed by atoms with Gasteiger partial charge >= 0.3 is 0 Å². The third kappa shape index (κ3) is 1.46. The number of nitrogens with zero attached hydrogens (tertiary/aromatic N) is 3. The zero-order chi connectivity index (χ0) is 10.1. The molecule has 0 N–H and O–H groups in total. The average molecular weight is 252 g/mol. The lowest BCUT2D eigenvalue weighted by molar-refractivity contribution is 0.762. The van der Waals surface area contributed by atoms with Crippen LogP contribution in [0.5, 0.6) is 0 Å². The van der Waals surface area contributed by atoms with Crippen LogP contribution in [0.2, 0.25) is 0 Å². The Bertz CT molecular complexity index is 448. The van der Waals surface area contributed by atoms with Gasteiger partial charge in [-0.2, -0.15) is 5.10 Å². The molecule has 0 saturated carbocycles. The van der Waals surface area contributed by atoms with Gasteiger partial charge in [-0.3, -0.25) is 9.67 Å². The van der Waals surface area contributed by atoms with Crippen molar-refractivity contribution in [2.24, 2.45) is 7.05 Å². The first-order valence-corrected chi connectivity index (χ1v) is 5.10. The molecule has 0 aliphatic carbocycles. The summed E-state index contributed by atoms with van der Waals surface area (Å²) in [6.45, 7) is 1.97. The maximum Gasteiger partial charge on any atom is 0.101 e. The summed E-state index contributed by atoms with van der Waals surface area (Å²) >= 11 is 3.51. The third-order valence-corrected chi connectivity index (χ3v) is 3.01. The van der Waals surface area contributed by atoms with E-state index in [9.17, 15) is 0 Å². The molecule has 3 nitrogen and oxygen atoms in total. The molecule has 0 unspecified atom stereocenters. The van der Waals surface area contributed by atoms with Crippen LogP contribution in [0.4, 0.5) is 0 Å². The first kappa shape index (κ1) is 9.40. The van der Waals surface area contributed by atoms with Crippen LogP contribution < -0.4 is 0 Å². The average Bonchev–Trinajstić information content (AvgIpc) is 2.43. The van der Waals surface area contributed by atoms with E-state index in [1.165, 1.54) is 0 Å². The molecule has 2 aromatic rings. The summed E-state index contributed by atoms with van der Waals surface area (Å²) in [4.78, 5) is 4.29. The standard InChI is InChI=1S/C10H10BrN3/c1-7-9(11)10(14(2)13-7)8-5-3-4-6-12-8/h3-6H,1-2H3. The van der Waals surface area contributed by atoms with Crippen LogP contribution in [-0.2, 0) is 7.05 Å². The smallest absolute Gasteiger partial charge is 0.101 e.